The molecule has 2 heteroatoms. The Morgan fingerprint density at radius 1 is 1.17 bits per heavy atom. The maximum atomic E-state index is 12.3. The highest BCUT2D eigenvalue weighted by Crippen LogP contribution is 2.19. The van der Waals surface area contributed by atoms with Crippen molar-refractivity contribution in [1.82, 2.24) is 4.90 Å². The summed E-state index contributed by atoms with van der Waals surface area (Å²) in [6.07, 6.45) is 1.88. The van der Waals surface area contributed by atoms with E-state index in [0.29, 0.717) is 5.92 Å². The molecule has 0 saturated carbocycles. The summed E-state index contributed by atoms with van der Waals surface area (Å²) in [7, 11) is 0. The Morgan fingerprint density at radius 3 is 2.22 bits per heavy atom. The molecule has 1 fully saturated rings. The van der Waals surface area contributed by atoms with Gasteiger partial charge in [-0.1, -0.05) is 38.1 Å². The predicted octanol–water partition coefficient (Wildman–Crippen LogP) is 3.60. The van der Waals surface area contributed by atoms with Crippen LogP contribution in [0.5, 0.6) is 0 Å². The smallest absolute Gasteiger partial charge is 0.253 e. The number of carbonyl (C=O) groups excluding carboxylic acids is 1. The average molecular weight is 243 g/mol. The number of carbonyl (C=O) groups is 1. The van der Waals surface area contributed by atoms with E-state index in [9.17, 15) is 4.79 Å². The molecule has 0 bridgehead atoms. The maximum absolute atomic E-state index is 12.3. The van der Waals surface area contributed by atoms with Crippen molar-refractivity contribution < 1.29 is 4.79 Å². The Bertz CT molecular complexity index is 435. The number of benzene rings is 1. The van der Waals surface area contributed by atoms with Crippen molar-refractivity contribution in [2.45, 2.75) is 32.6 Å². The normalized spacial score (nSPS) is 16.2. The number of likely N-dealkylation sites (tertiary alicyclic amines) is 1. The van der Waals surface area contributed by atoms with Crippen molar-refractivity contribution >= 4 is 5.91 Å². The highest BCUT2D eigenvalue weighted by Gasteiger charge is 2.19. The molecule has 0 aromatic heterocycles. The quantitative estimate of drug-likeness (QED) is 0.727. The van der Waals surface area contributed by atoms with Crippen LogP contribution in [-0.4, -0.2) is 23.9 Å². The molecule has 0 radical (unpaired) electrons. The lowest BCUT2D eigenvalue weighted by molar-refractivity contribution is 0.0744. The molecule has 1 aromatic carbocycles. The number of hydrogen-bond acceptors (Lipinski definition) is 1. The Kier molecular flexibility index (Phi) is 3.85. The zero-order valence-corrected chi connectivity index (χ0v) is 11.3. The van der Waals surface area contributed by atoms with Gasteiger partial charge in [-0.05, 0) is 36.5 Å². The van der Waals surface area contributed by atoms with Crippen molar-refractivity contribution in [3.8, 4) is 0 Å². The van der Waals surface area contributed by atoms with Gasteiger partial charge in [0.15, 0.2) is 0 Å². The summed E-state index contributed by atoms with van der Waals surface area (Å²) < 4.78 is 0. The van der Waals surface area contributed by atoms with Gasteiger partial charge in [0.2, 0.25) is 0 Å². The van der Waals surface area contributed by atoms with E-state index in [1.54, 1.807) is 0 Å². The molecule has 0 spiro atoms. The van der Waals surface area contributed by atoms with E-state index in [4.69, 9.17) is 0 Å². The van der Waals surface area contributed by atoms with E-state index in [1.165, 1.54) is 11.1 Å². The molecule has 96 valence electrons. The lowest BCUT2D eigenvalue weighted by Crippen LogP contribution is -2.36. The monoisotopic (exact) mass is 243 g/mol. The van der Waals surface area contributed by atoms with Gasteiger partial charge in [-0.3, -0.25) is 4.79 Å². The van der Waals surface area contributed by atoms with Gasteiger partial charge in [-0.25, -0.2) is 0 Å². The molecule has 1 amide bonds. The summed E-state index contributed by atoms with van der Waals surface area (Å²) in [5.74, 6) is 0.658. The molecule has 0 aliphatic carbocycles. The molecular formula is C16H21NO. The molecule has 1 saturated heterocycles. The Balaban J connectivity index is 2.07. The second-order valence-corrected chi connectivity index (χ2v) is 5.32. The summed E-state index contributed by atoms with van der Waals surface area (Å²) in [5.41, 5.74) is 3.33. The molecule has 1 aliphatic rings. The Morgan fingerprint density at radius 2 is 1.72 bits per heavy atom. The summed E-state index contributed by atoms with van der Waals surface area (Å²) in [4.78, 5) is 14.2. The van der Waals surface area contributed by atoms with E-state index in [1.807, 2.05) is 17.0 Å². The molecule has 0 N–H and O–H groups in total. The van der Waals surface area contributed by atoms with Crippen molar-refractivity contribution in [2.24, 2.45) is 0 Å². The van der Waals surface area contributed by atoms with Crippen LogP contribution in [0.15, 0.2) is 36.4 Å². The molecular weight excluding hydrogens is 222 g/mol. The van der Waals surface area contributed by atoms with Gasteiger partial charge in [0.1, 0.15) is 0 Å². The lowest BCUT2D eigenvalue weighted by atomic mass is 10.0. The van der Waals surface area contributed by atoms with Gasteiger partial charge in [-0.15, -0.1) is 0 Å². The van der Waals surface area contributed by atoms with Gasteiger partial charge >= 0.3 is 0 Å². The van der Waals surface area contributed by atoms with Gasteiger partial charge in [0, 0.05) is 18.7 Å². The molecule has 2 nitrogen and oxygen atoms in total. The lowest BCUT2D eigenvalue weighted by Gasteiger charge is -2.28. The second kappa shape index (κ2) is 5.38. The summed E-state index contributed by atoms with van der Waals surface area (Å²) in [5, 5.41) is 0. The van der Waals surface area contributed by atoms with Gasteiger partial charge in [0.25, 0.3) is 5.91 Å². The number of amides is 1. The maximum Gasteiger partial charge on any atom is 0.253 e. The highest BCUT2D eigenvalue weighted by atomic mass is 16.2. The van der Waals surface area contributed by atoms with E-state index >= 15 is 0 Å². The van der Waals surface area contributed by atoms with Crippen LogP contribution in [0.2, 0.25) is 0 Å². The first kappa shape index (κ1) is 12.9. The van der Waals surface area contributed by atoms with Crippen LogP contribution in [0.4, 0.5) is 0 Å². The molecule has 1 heterocycles. The van der Waals surface area contributed by atoms with Crippen LogP contribution in [0, 0.1) is 0 Å². The third-order valence-electron chi connectivity index (χ3n) is 3.58. The SMILES string of the molecule is C=C1CCN(C(=O)c2ccc(C(C)C)cc2)CC1. The van der Waals surface area contributed by atoms with Crippen LogP contribution in [0.25, 0.3) is 0 Å². The van der Waals surface area contributed by atoms with Crippen LogP contribution < -0.4 is 0 Å². The fourth-order valence-corrected chi connectivity index (χ4v) is 2.22. The number of hydrogen-bond donors (Lipinski definition) is 0. The van der Waals surface area contributed by atoms with E-state index in [0.717, 1.165) is 31.5 Å². The third kappa shape index (κ3) is 2.81. The minimum absolute atomic E-state index is 0.151. The van der Waals surface area contributed by atoms with Crippen molar-refractivity contribution in [1.29, 1.82) is 0 Å². The van der Waals surface area contributed by atoms with Crippen LogP contribution >= 0.6 is 0 Å². The standard InChI is InChI=1S/C16H21NO/c1-12(2)14-4-6-15(7-5-14)16(18)17-10-8-13(3)9-11-17/h4-7,12H,3,8-11H2,1-2H3. The fraction of sp³-hybridized carbons (Fsp3) is 0.438. The minimum atomic E-state index is 0.151. The first-order valence-electron chi connectivity index (χ1n) is 6.64. The average Bonchev–Trinajstić information content (AvgIpc) is 2.39. The van der Waals surface area contributed by atoms with Crippen molar-refractivity contribution in [3.63, 3.8) is 0 Å². The molecule has 1 aromatic rings. The van der Waals surface area contributed by atoms with Gasteiger partial charge in [0.05, 0.1) is 0 Å². The third-order valence-corrected chi connectivity index (χ3v) is 3.58. The number of nitrogens with zero attached hydrogens (tertiary/aromatic N) is 1. The van der Waals surface area contributed by atoms with Crippen molar-refractivity contribution in [2.75, 3.05) is 13.1 Å². The summed E-state index contributed by atoms with van der Waals surface area (Å²) in [6, 6.07) is 8.00. The zero-order chi connectivity index (χ0) is 13.1. The Hall–Kier alpha value is -1.57. The molecule has 2 rings (SSSR count). The fourth-order valence-electron chi connectivity index (χ4n) is 2.22. The molecule has 18 heavy (non-hydrogen) atoms. The minimum Gasteiger partial charge on any atom is -0.338 e. The molecule has 0 atom stereocenters. The van der Waals surface area contributed by atoms with E-state index < -0.39 is 0 Å². The van der Waals surface area contributed by atoms with Crippen LogP contribution in [0.3, 0.4) is 0 Å². The molecule has 0 unspecified atom stereocenters. The van der Waals surface area contributed by atoms with E-state index in [-0.39, 0.29) is 5.91 Å². The Labute approximate surface area is 109 Å². The highest BCUT2D eigenvalue weighted by molar-refractivity contribution is 5.94. The number of piperidine rings is 1. The zero-order valence-electron chi connectivity index (χ0n) is 11.3. The first-order chi connectivity index (χ1) is 8.58. The summed E-state index contributed by atoms with van der Waals surface area (Å²) in [6.45, 7) is 9.91. The largest absolute Gasteiger partial charge is 0.338 e. The number of rotatable bonds is 2. The van der Waals surface area contributed by atoms with Gasteiger partial charge < -0.3 is 4.90 Å². The topological polar surface area (TPSA) is 20.3 Å². The van der Waals surface area contributed by atoms with E-state index in [2.05, 4.69) is 32.6 Å². The summed E-state index contributed by atoms with van der Waals surface area (Å²) >= 11 is 0. The van der Waals surface area contributed by atoms with Crippen LogP contribution in [0.1, 0.15) is 48.5 Å². The van der Waals surface area contributed by atoms with Crippen molar-refractivity contribution in [3.05, 3.63) is 47.5 Å². The second-order valence-electron chi connectivity index (χ2n) is 5.32. The van der Waals surface area contributed by atoms with Gasteiger partial charge in [-0.2, -0.15) is 0 Å². The first-order valence-corrected chi connectivity index (χ1v) is 6.64. The predicted molar refractivity (Wildman–Crippen MR) is 74.8 cm³/mol. The van der Waals surface area contributed by atoms with Crippen LogP contribution in [-0.2, 0) is 0 Å². The molecule has 1 aliphatic heterocycles.